The number of rotatable bonds is 4. The van der Waals surface area contributed by atoms with Crippen LogP contribution in [-0.4, -0.2) is 28.4 Å². The van der Waals surface area contributed by atoms with E-state index in [0.29, 0.717) is 12.3 Å². The monoisotopic (exact) mass is 285 g/mol. The number of ketones is 1. The number of aromatic nitrogens is 2. The van der Waals surface area contributed by atoms with Gasteiger partial charge in [0.2, 0.25) is 0 Å². The summed E-state index contributed by atoms with van der Waals surface area (Å²) in [7, 11) is 0. The summed E-state index contributed by atoms with van der Waals surface area (Å²) in [4.78, 5) is 16.3. The molecular formula is C17H23N3O. The number of imidazole rings is 1. The van der Waals surface area contributed by atoms with E-state index < -0.39 is 0 Å². The minimum Gasteiger partial charge on any atom is -0.327 e. The standard InChI is InChI=1S/C17H23N3O/c1-12-3-4-16-15(11-12)19-17(14-5-8-18-9-6-14)20(16)10-7-13(2)21/h3-4,11,14,18H,5-10H2,1-2H3. The Bertz CT molecular complexity index is 653. The van der Waals surface area contributed by atoms with Crippen molar-refractivity contribution >= 4 is 16.8 Å². The van der Waals surface area contributed by atoms with Crippen molar-refractivity contribution in [1.82, 2.24) is 14.9 Å². The lowest BCUT2D eigenvalue weighted by atomic mass is 9.97. The van der Waals surface area contributed by atoms with Gasteiger partial charge >= 0.3 is 0 Å². The van der Waals surface area contributed by atoms with Crippen molar-refractivity contribution < 1.29 is 4.79 Å². The Hall–Kier alpha value is -1.68. The van der Waals surface area contributed by atoms with Crippen molar-refractivity contribution in [3.05, 3.63) is 29.6 Å². The van der Waals surface area contributed by atoms with Crippen LogP contribution in [0.5, 0.6) is 0 Å². The molecule has 1 saturated heterocycles. The normalized spacial score (nSPS) is 16.5. The van der Waals surface area contributed by atoms with Gasteiger partial charge in [0.1, 0.15) is 11.6 Å². The van der Waals surface area contributed by atoms with Gasteiger partial charge in [-0.05, 0) is 57.5 Å². The molecule has 3 rings (SSSR count). The fourth-order valence-electron chi connectivity index (χ4n) is 3.15. The number of benzene rings is 1. The summed E-state index contributed by atoms with van der Waals surface area (Å²) in [5.74, 6) is 1.91. The highest BCUT2D eigenvalue weighted by Crippen LogP contribution is 2.28. The minimum atomic E-state index is 0.236. The number of carbonyl (C=O) groups is 1. The molecule has 1 fully saturated rings. The first-order valence-electron chi connectivity index (χ1n) is 7.82. The second-order valence-electron chi connectivity index (χ2n) is 6.09. The molecule has 1 aliphatic heterocycles. The number of hydrogen-bond donors (Lipinski definition) is 1. The van der Waals surface area contributed by atoms with E-state index in [1.807, 2.05) is 0 Å². The highest BCUT2D eigenvalue weighted by molar-refractivity contribution is 5.78. The molecule has 1 N–H and O–H groups in total. The van der Waals surface area contributed by atoms with E-state index in [-0.39, 0.29) is 5.78 Å². The molecule has 1 aromatic carbocycles. The number of carbonyl (C=O) groups excluding carboxylic acids is 1. The largest absolute Gasteiger partial charge is 0.327 e. The van der Waals surface area contributed by atoms with Crippen LogP contribution in [0, 0.1) is 6.92 Å². The van der Waals surface area contributed by atoms with Gasteiger partial charge in [0.05, 0.1) is 11.0 Å². The van der Waals surface area contributed by atoms with Gasteiger partial charge in [0.25, 0.3) is 0 Å². The fraction of sp³-hybridized carbons (Fsp3) is 0.529. The zero-order valence-electron chi connectivity index (χ0n) is 12.9. The molecule has 0 radical (unpaired) electrons. The van der Waals surface area contributed by atoms with E-state index in [9.17, 15) is 4.79 Å². The van der Waals surface area contributed by atoms with E-state index in [1.54, 1.807) is 6.92 Å². The molecule has 112 valence electrons. The Kier molecular flexibility index (Phi) is 4.06. The SMILES string of the molecule is CC(=O)CCn1c(C2CCNCC2)nc2cc(C)ccc21. The lowest BCUT2D eigenvalue weighted by Gasteiger charge is -2.23. The lowest BCUT2D eigenvalue weighted by molar-refractivity contribution is -0.117. The van der Waals surface area contributed by atoms with Crippen LogP contribution in [-0.2, 0) is 11.3 Å². The summed E-state index contributed by atoms with van der Waals surface area (Å²) in [5.41, 5.74) is 3.46. The number of nitrogens with one attached hydrogen (secondary N) is 1. The van der Waals surface area contributed by atoms with Gasteiger partial charge in [-0.3, -0.25) is 4.79 Å². The molecule has 0 spiro atoms. The summed E-state index contributed by atoms with van der Waals surface area (Å²) in [6.45, 7) is 6.61. The molecule has 0 aliphatic carbocycles. The predicted octanol–water partition coefficient (Wildman–Crippen LogP) is 2.79. The van der Waals surface area contributed by atoms with E-state index in [0.717, 1.165) is 43.5 Å². The highest BCUT2D eigenvalue weighted by atomic mass is 16.1. The van der Waals surface area contributed by atoms with Crippen LogP contribution in [0.4, 0.5) is 0 Å². The Balaban J connectivity index is 2.02. The third-order valence-electron chi connectivity index (χ3n) is 4.33. The minimum absolute atomic E-state index is 0.236. The summed E-state index contributed by atoms with van der Waals surface area (Å²) in [6, 6.07) is 6.41. The first kappa shape index (κ1) is 14.3. The van der Waals surface area contributed by atoms with E-state index in [2.05, 4.69) is 35.0 Å². The average Bonchev–Trinajstić information content (AvgIpc) is 2.83. The maximum Gasteiger partial charge on any atom is 0.131 e. The number of fused-ring (bicyclic) bond motifs is 1. The molecular weight excluding hydrogens is 262 g/mol. The van der Waals surface area contributed by atoms with Crippen LogP contribution in [0.1, 0.15) is 43.5 Å². The Morgan fingerprint density at radius 3 is 2.86 bits per heavy atom. The quantitative estimate of drug-likeness (QED) is 0.939. The van der Waals surface area contributed by atoms with Crippen molar-refractivity contribution in [3.8, 4) is 0 Å². The average molecular weight is 285 g/mol. The van der Waals surface area contributed by atoms with Crippen molar-refractivity contribution in [2.24, 2.45) is 0 Å². The molecule has 0 saturated carbocycles. The van der Waals surface area contributed by atoms with Gasteiger partial charge < -0.3 is 9.88 Å². The topological polar surface area (TPSA) is 46.9 Å². The van der Waals surface area contributed by atoms with E-state index in [4.69, 9.17) is 4.98 Å². The summed E-state index contributed by atoms with van der Waals surface area (Å²) < 4.78 is 2.27. The van der Waals surface area contributed by atoms with Crippen LogP contribution in [0.2, 0.25) is 0 Å². The molecule has 2 aromatic rings. The highest BCUT2D eigenvalue weighted by Gasteiger charge is 2.22. The fourth-order valence-corrected chi connectivity index (χ4v) is 3.15. The second kappa shape index (κ2) is 5.98. The molecule has 4 heteroatoms. The summed E-state index contributed by atoms with van der Waals surface area (Å²) in [5, 5.41) is 3.41. The zero-order valence-corrected chi connectivity index (χ0v) is 12.9. The summed E-state index contributed by atoms with van der Waals surface area (Å²) in [6.07, 6.45) is 2.84. The molecule has 0 unspecified atom stereocenters. The van der Waals surface area contributed by atoms with Gasteiger partial charge in [0, 0.05) is 18.9 Å². The summed E-state index contributed by atoms with van der Waals surface area (Å²) >= 11 is 0. The smallest absolute Gasteiger partial charge is 0.131 e. The second-order valence-corrected chi connectivity index (χ2v) is 6.09. The number of nitrogens with zero attached hydrogens (tertiary/aromatic N) is 2. The maximum absolute atomic E-state index is 11.4. The van der Waals surface area contributed by atoms with Crippen molar-refractivity contribution in [2.75, 3.05) is 13.1 Å². The number of Topliss-reactive ketones (excluding diaryl/α,β-unsaturated/α-hetero) is 1. The third-order valence-corrected chi connectivity index (χ3v) is 4.33. The molecule has 21 heavy (non-hydrogen) atoms. The molecule has 0 bridgehead atoms. The predicted molar refractivity (Wildman–Crippen MR) is 84.6 cm³/mol. The van der Waals surface area contributed by atoms with Crippen molar-refractivity contribution in [3.63, 3.8) is 0 Å². The van der Waals surface area contributed by atoms with Gasteiger partial charge in [0.15, 0.2) is 0 Å². The first-order chi connectivity index (χ1) is 10.1. The third kappa shape index (κ3) is 3.00. The van der Waals surface area contributed by atoms with Crippen LogP contribution >= 0.6 is 0 Å². The van der Waals surface area contributed by atoms with Crippen LogP contribution in [0.25, 0.3) is 11.0 Å². The lowest BCUT2D eigenvalue weighted by Crippen LogP contribution is -2.28. The van der Waals surface area contributed by atoms with E-state index in [1.165, 1.54) is 11.4 Å². The molecule has 1 aromatic heterocycles. The van der Waals surface area contributed by atoms with Crippen LogP contribution < -0.4 is 5.32 Å². The van der Waals surface area contributed by atoms with Gasteiger partial charge in [-0.25, -0.2) is 4.98 Å². The van der Waals surface area contributed by atoms with Gasteiger partial charge in [-0.1, -0.05) is 6.07 Å². The van der Waals surface area contributed by atoms with Crippen molar-refractivity contribution in [2.45, 2.75) is 45.6 Å². The maximum atomic E-state index is 11.4. The van der Waals surface area contributed by atoms with Crippen molar-refractivity contribution in [1.29, 1.82) is 0 Å². The zero-order chi connectivity index (χ0) is 14.8. The molecule has 0 atom stereocenters. The molecule has 4 nitrogen and oxygen atoms in total. The number of hydrogen-bond acceptors (Lipinski definition) is 3. The van der Waals surface area contributed by atoms with Gasteiger partial charge in [-0.15, -0.1) is 0 Å². The Morgan fingerprint density at radius 1 is 1.38 bits per heavy atom. The molecule has 2 heterocycles. The molecule has 0 amide bonds. The molecule has 1 aliphatic rings. The number of piperidine rings is 1. The number of aryl methyl sites for hydroxylation is 2. The van der Waals surface area contributed by atoms with Gasteiger partial charge in [-0.2, -0.15) is 0 Å². The first-order valence-corrected chi connectivity index (χ1v) is 7.82. The van der Waals surface area contributed by atoms with Crippen LogP contribution in [0.3, 0.4) is 0 Å². The Labute approximate surface area is 125 Å². The van der Waals surface area contributed by atoms with E-state index >= 15 is 0 Å². The Morgan fingerprint density at radius 2 is 2.14 bits per heavy atom. The van der Waals surface area contributed by atoms with Crippen LogP contribution in [0.15, 0.2) is 18.2 Å².